The molecule has 0 radical (unpaired) electrons. The number of rotatable bonds is 7. The quantitative estimate of drug-likeness (QED) is 0.269. The molecule has 0 bridgehead atoms. The van der Waals surface area contributed by atoms with Crippen molar-refractivity contribution in [1.82, 2.24) is 15.0 Å². The molecule has 0 unspecified atom stereocenters. The van der Waals surface area contributed by atoms with Crippen LogP contribution in [0, 0.1) is 6.92 Å². The van der Waals surface area contributed by atoms with Crippen LogP contribution in [0.15, 0.2) is 59.5 Å². The lowest BCUT2D eigenvalue weighted by molar-refractivity contribution is -0.138. The Hall–Kier alpha value is -2.60. The molecule has 0 aliphatic rings. The van der Waals surface area contributed by atoms with Crippen molar-refractivity contribution in [3.63, 3.8) is 0 Å². The maximum absolute atomic E-state index is 11.3. The molecule has 2 aromatic carbocycles. The molecule has 0 N–H and O–H groups in total. The Balaban J connectivity index is 1.61. The molecule has 26 heavy (non-hydrogen) atoms. The summed E-state index contributed by atoms with van der Waals surface area (Å²) < 4.78 is 5.10. The summed E-state index contributed by atoms with van der Waals surface area (Å²) in [7, 11) is 0. The van der Waals surface area contributed by atoms with Crippen molar-refractivity contribution >= 4 is 28.8 Å². The van der Waals surface area contributed by atoms with Gasteiger partial charge in [0.1, 0.15) is 11.0 Å². The van der Waals surface area contributed by atoms with Gasteiger partial charge in [0.05, 0.1) is 12.3 Å². The van der Waals surface area contributed by atoms with Crippen molar-refractivity contribution in [2.75, 3.05) is 12.4 Å². The fourth-order valence-corrected chi connectivity index (χ4v) is 3.25. The predicted octanol–water partition coefficient (Wildman–Crippen LogP) is 4.33. The van der Waals surface area contributed by atoms with Gasteiger partial charge in [-0.05, 0) is 56.2 Å². The highest BCUT2D eigenvalue weighted by atomic mass is 32.2. The summed E-state index contributed by atoms with van der Waals surface area (Å²) >= 11 is 1.71. The molecule has 1 aromatic heterocycles. The summed E-state index contributed by atoms with van der Waals surface area (Å²) in [6, 6.07) is 14.2. The first-order chi connectivity index (χ1) is 12.5. The summed E-state index contributed by atoms with van der Waals surface area (Å²) in [4.78, 5) is 14.1. The Morgan fingerprint density at radius 1 is 1.19 bits per heavy atom. The van der Waals surface area contributed by atoms with E-state index in [0.29, 0.717) is 12.2 Å². The van der Waals surface area contributed by atoms with Crippen LogP contribution in [0.25, 0.3) is 16.7 Å². The van der Waals surface area contributed by atoms with Crippen LogP contribution in [0.2, 0.25) is 0 Å². The molecule has 1 heterocycles. The number of carbonyl (C=O) groups excluding carboxylic acids is 1. The van der Waals surface area contributed by atoms with Gasteiger partial charge in [0, 0.05) is 16.2 Å². The zero-order chi connectivity index (χ0) is 18.5. The van der Waals surface area contributed by atoms with E-state index >= 15 is 0 Å². The van der Waals surface area contributed by atoms with Crippen LogP contribution in [-0.4, -0.2) is 33.3 Å². The minimum absolute atomic E-state index is 0.329. The zero-order valence-electron chi connectivity index (χ0n) is 14.9. The first-order valence-electron chi connectivity index (χ1n) is 8.42. The molecule has 0 fully saturated rings. The standard InChI is InChI=1S/C20H21N3O2S/c1-14(2)20(24)25-10-5-11-26-17-8-9-18-19(13-17)22-23(21-18)16-7-4-6-15(3)12-16/h4,6-9,12-13H,1,5,10-11H2,2-3H3. The molecule has 6 heteroatoms. The molecular formula is C20H21N3O2S. The number of esters is 1. The third-order valence-corrected chi connectivity index (χ3v) is 4.80. The lowest BCUT2D eigenvalue weighted by Gasteiger charge is -2.04. The second-order valence-corrected chi connectivity index (χ2v) is 7.27. The second kappa shape index (κ2) is 8.19. The number of hydrogen-bond acceptors (Lipinski definition) is 5. The van der Waals surface area contributed by atoms with Gasteiger partial charge in [-0.3, -0.25) is 0 Å². The van der Waals surface area contributed by atoms with Crippen LogP contribution < -0.4 is 0 Å². The van der Waals surface area contributed by atoms with Gasteiger partial charge in [-0.2, -0.15) is 4.80 Å². The summed E-state index contributed by atoms with van der Waals surface area (Å²) in [6.07, 6.45) is 0.789. The number of aryl methyl sites for hydroxylation is 1. The van der Waals surface area contributed by atoms with Gasteiger partial charge >= 0.3 is 5.97 Å². The van der Waals surface area contributed by atoms with Gasteiger partial charge in [-0.1, -0.05) is 18.7 Å². The van der Waals surface area contributed by atoms with E-state index in [-0.39, 0.29) is 5.97 Å². The van der Waals surface area contributed by atoms with E-state index in [4.69, 9.17) is 4.74 Å². The third-order valence-electron chi connectivity index (χ3n) is 3.72. The summed E-state index contributed by atoms with van der Waals surface area (Å²) in [5.41, 5.74) is 4.29. The van der Waals surface area contributed by atoms with Gasteiger partial charge in [0.15, 0.2) is 0 Å². The van der Waals surface area contributed by atoms with Gasteiger partial charge in [-0.15, -0.1) is 22.0 Å². The SMILES string of the molecule is C=C(C)C(=O)OCCCSc1ccc2nn(-c3cccc(C)c3)nc2c1. The molecule has 0 aliphatic carbocycles. The topological polar surface area (TPSA) is 57.0 Å². The summed E-state index contributed by atoms with van der Waals surface area (Å²) in [5.74, 6) is 0.533. The monoisotopic (exact) mass is 367 g/mol. The molecule has 0 amide bonds. The average Bonchev–Trinajstić information content (AvgIpc) is 3.04. The maximum Gasteiger partial charge on any atom is 0.333 e. The lowest BCUT2D eigenvalue weighted by Crippen LogP contribution is -2.06. The Bertz CT molecular complexity index is 949. The maximum atomic E-state index is 11.3. The third kappa shape index (κ3) is 4.52. The van der Waals surface area contributed by atoms with Crippen molar-refractivity contribution < 1.29 is 9.53 Å². The van der Waals surface area contributed by atoms with Gasteiger partial charge in [0.2, 0.25) is 0 Å². The highest BCUT2D eigenvalue weighted by Crippen LogP contribution is 2.23. The number of benzene rings is 2. The highest BCUT2D eigenvalue weighted by molar-refractivity contribution is 7.99. The number of aromatic nitrogens is 3. The van der Waals surface area contributed by atoms with Crippen LogP contribution in [0.3, 0.4) is 0 Å². The molecule has 134 valence electrons. The molecule has 5 nitrogen and oxygen atoms in total. The minimum Gasteiger partial charge on any atom is -0.462 e. The van der Waals surface area contributed by atoms with Gasteiger partial charge in [0.25, 0.3) is 0 Å². The van der Waals surface area contributed by atoms with Crippen LogP contribution in [0.5, 0.6) is 0 Å². The Morgan fingerprint density at radius 3 is 2.77 bits per heavy atom. The molecule has 0 atom stereocenters. The van der Waals surface area contributed by atoms with Crippen LogP contribution >= 0.6 is 11.8 Å². The molecule has 0 spiro atoms. The average molecular weight is 367 g/mol. The molecular weight excluding hydrogens is 346 g/mol. The minimum atomic E-state index is -0.329. The van der Waals surface area contributed by atoms with Crippen molar-refractivity contribution in [2.24, 2.45) is 0 Å². The number of hydrogen-bond donors (Lipinski definition) is 0. The van der Waals surface area contributed by atoms with Gasteiger partial charge in [-0.25, -0.2) is 4.79 Å². The van der Waals surface area contributed by atoms with Crippen LogP contribution in [-0.2, 0) is 9.53 Å². The second-order valence-electron chi connectivity index (χ2n) is 6.10. The number of fused-ring (bicyclic) bond motifs is 1. The van der Waals surface area contributed by atoms with E-state index in [1.807, 2.05) is 30.3 Å². The van der Waals surface area contributed by atoms with Crippen LogP contribution in [0.1, 0.15) is 18.9 Å². The lowest BCUT2D eigenvalue weighted by atomic mass is 10.2. The van der Waals surface area contributed by atoms with Crippen molar-refractivity contribution in [3.8, 4) is 5.69 Å². The number of carbonyl (C=O) groups is 1. The summed E-state index contributed by atoms with van der Waals surface area (Å²) in [5, 5.41) is 9.13. The Labute approximate surface area is 157 Å². The molecule has 0 aliphatic heterocycles. The molecule has 3 aromatic rings. The van der Waals surface area contributed by atoms with Crippen molar-refractivity contribution in [2.45, 2.75) is 25.2 Å². The number of thioether (sulfide) groups is 1. The van der Waals surface area contributed by atoms with E-state index in [0.717, 1.165) is 33.8 Å². The van der Waals surface area contributed by atoms with Crippen molar-refractivity contribution in [3.05, 3.63) is 60.2 Å². The smallest absolute Gasteiger partial charge is 0.333 e. The van der Waals surface area contributed by atoms with Crippen molar-refractivity contribution in [1.29, 1.82) is 0 Å². The van der Waals surface area contributed by atoms with Gasteiger partial charge < -0.3 is 4.74 Å². The first kappa shape index (κ1) is 18.2. The molecule has 0 saturated carbocycles. The Morgan fingerprint density at radius 2 is 2.00 bits per heavy atom. The number of ether oxygens (including phenoxy) is 1. The largest absolute Gasteiger partial charge is 0.462 e. The Kier molecular flexibility index (Phi) is 5.73. The van der Waals surface area contributed by atoms with E-state index in [2.05, 4.69) is 35.8 Å². The molecule has 3 rings (SSSR count). The highest BCUT2D eigenvalue weighted by Gasteiger charge is 2.07. The normalized spacial score (nSPS) is 10.8. The zero-order valence-corrected chi connectivity index (χ0v) is 15.8. The summed E-state index contributed by atoms with van der Waals surface area (Å²) in [6.45, 7) is 7.67. The number of nitrogens with zero attached hydrogens (tertiary/aromatic N) is 3. The molecule has 0 saturated heterocycles. The van der Waals surface area contributed by atoms with E-state index in [1.165, 1.54) is 5.56 Å². The van der Waals surface area contributed by atoms with E-state index in [9.17, 15) is 4.79 Å². The van der Waals surface area contributed by atoms with E-state index in [1.54, 1.807) is 23.5 Å². The van der Waals surface area contributed by atoms with E-state index < -0.39 is 0 Å². The predicted molar refractivity (Wildman–Crippen MR) is 105 cm³/mol. The fourth-order valence-electron chi connectivity index (χ4n) is 2.39. The fraction of sp³-hybridized carbons (Fsp3) is 0.250. The first-order valence-corrected chi connectivity index (χ1v) is 9.41. The van der Waals surface area contributed by atoms with Crippen LogP contribution in [0.4, 0.5) is 0 Å².